The molecule has 1 aromatic heterocycles. The van der Waals surface area contributed by atoms with Crippen molar-refractivity contribution in [3.8, 4) is 5.75 Å². The van der Waals surface area contributed by atoms with E-state index in [1.807, 2.05) is 6.08 Å². The zero-order valence-electron chi connectivity index (χ0n) is 20.6. The number of halogens is 6. The summed E-state index contributed by atoms with van der Waals surface area (Å²) >= 11 is 0. The number of rotatable bonds is 6. The quantitative estimate of drug-likeness (QED) is 0.265. The molecule has 3 aliphatic heterocycles. The third kappa shape index (κ3) is 5.06. The van der Waals surface area contributed by atoms with Crippen LogP contribution in [0.5, 0.6) is 5.75 Å². The van der Waals surface area contributed by atoms with Gasteiger partial charge in [0.25, 0.3) is 0 Å². The first-order valence-electron chi connectivity index (χ1n) is 12.3. The van der Waals surface area contributed by atoms with Gasteiger partial charge in [-0.05, 0) is 79.3 Å². The molecule has 202 valence electrons. The van der Waals surface area contributed by atoms with Gasteiger partial charge in [0.2, 0.25) is 0 Å². The Labute approximate surface area is 216 Å². The SMILES string of the molecule is C=CC1CN2CCC1CC2C(Nc1cc(C(F)(F)F)cc(C(F)(F)F)c1)c1ccnc2ccc(OC)cc12. The van der Waals surface area contributed by atoms with Gasteiger partial charge in [-0.25, -0.2) is 0 Å². The van der Waals surface area contributed by atoms with Gasteiger partial charge in [0.1, 0.15) is 5.75 Å². The molecule has 0 saturated carbocycles. The van der Waals surface area contributed by atoms with Crippen LogP contribution in [0.4, 0.5) is 32.0 Å². The molecule has 3 aliphatic rings. The summed E-state index contributed by atoms with van der Waals surface area (Å²) < 4.78 is 87.1. The zero-order valence-corrected chi connectivity index (χ0v) is 20.6. The minimum absolute atomic E-state index is 0.146. The molecule has 38 heavy (non-hydrogen) atoms. The molecule has 10 heteroatoms. The topological polar surface area (TPSA) is 37.4 Å². The maximum atomic E-state index is 13.6. The van der Waals surface area contributed by atoms with E-state index in [1.54, 1.807) is 30.5 Å². The number of hydrogen-bond acceptors (Lipinski definition) is 4. The lowest BCUT2D eigenvalue weighted by molar-refractivity contribution is -0.143. The Morgan fingerprint density at radius 3 is 2.34 bits per heavy atom. The van der Waals surface area contributed by atoms with Gasteiger partial charge in [0, 0.05) is 29.9 Å². The second-order valence-corrected chi connectivity index (χ2v) is 9.95. The van der Waals surface area contributed by atoms with Crippen LogP contribution in [-0.4, -0.2) is 36.1 Å². The molecule has 0 spiro atoms. The van der Waals surface area contributed by atoms with Crippen molar-refractivity contribution in [1.82, 2.24) is 9.88 Å². The standard InChI is InChI=1S/C28H27F6N3O/c1-3-16-15-37-9-7-17(16)10-25(37)26(22-6-8-35-24-5-4-21(38-2)14-23(22)24)36-20-12-18(27(29,30)31)11-19(13-20)28(32,33)34/h3-6,8,11-14,16-17,25-26,36H,1,7,9-10,15H2,2H3. The second kappa shape index (κ2) is 9.80. The minimum Gasteiger partial charge on any atom is -0.497 e. The summed E-state index contributed by atoms with van der Waals surface area (Å²) in [6.45, 7) is 5.47. The smallest absolute Gasteiger partial charge is 0.416 e. The molecular weight excluding hydrogens is 508 g/mol. The second-order valence-electron chi connectivity index (χ2n) is 9.95. The molecule has 1 N–H and O–H groups in total. The predicted octanol–water partition coefficient (Wildman–Crippen LogP) is 7.33. The van der Waals surface area contributed by atoms with Crippen molar-refractivity contribution >= 4 is 16.6 Å². The fourth-order valence-electron chi connectivity index (χ4n) is 5.87. The molecule has 3 fully saturated rings. The van der Waals surface area contributed by atoms with Crippen molar-refractivity contribution in [2.24, 2.45) is 11.8 Å². The molecule has 0 amide bonds. The maximum absolute atomic E-state index is 13.6. The van der Waals surface area contributed by atoms with Crippen LogP contribution in [0.1, 0.15) is 35.6 Å². The van der Waals surface area contributed by atoms with Crippen molar-refractivity contribution in [3.05, 3.63) is 78.0 Å². The van der Waals surface area contributed by atoms with E-state index in [0.717, 1.165) is 49.0 Å². The summed E-state index contributed by atoms with van der Waals surface area (Å²) in [4.78, 5) is 6.67. The van der Waals surface area contributed by atoms with Gasteiger partial charge in [-0.15, -0.1) is 6.58 Å². The molecule has 4 heterocycles. The third-order valence-corrected chi connectivity index (χ3v) is 7.77. The number of ether oxygens (including phenoxy) is 1. The molecule has 4 nitrogen and oxygen atoms in total. The highest BCUT2D eigenvalue weighted by molar-refractivity contribution is 5.84. The van der Waals surface area contributed by atoms with E-state index in [-0.39, 0.29) is 17.8 Å². The van der Waals surface area contributed by atoms with Crippen LogP contribution in [0.25, 0.3) is 10.9 Å². The molecule has 5 unspecified atom stereocenters. The molecule has 3 aromatic rings. The van der Waals surface area contributed by atoms with Gasteiger partial charge in [0.15, 0.2) is 0 Å². The van der Waals surface area contributed by atoms with Gasteiger partial charge in [-0.2, -0.15) is 26.3 Å². The highest BCUT2D eigenvalue weighted by atomic mass is 19.4. The number of aromatic nitrogens is 1. The van der Waals surface area contributed by atoms with Crippen LogP contribution in [0, 0.1) is 11.8 Å². The summed E-state index contributed by atoms with van der Waals surface area (Å²) in [5, 5.41) is 3.82. The average Bonchev–Trinajstić information content (AvgIpc) is 2.90. The van der Waals surface area contributed by atoms with Crippen LogP contribution < -0.4 is 10.1 Å². The number of fused-ring (bicyclic) bond motifs is 4. The van der Waals surface area contributed by atoms with Gasteiger partial charge < -0.3 is 10.1 Å². The normalized spacial score (nSPS) is 24.3. The lowest BCUT2D eigenvalue weighted by Crippen LogP contribution is -2.56. The highest BCUT2D eigenvalue weighted by Gasteiger charge is 2.43. The third-order valence-electron chi connectivity index (χ3n) is 7.77. The first-order valence-corrected chi connectivity index (χ1v) is 12.3. The monoisotopic (exact) mass is 535 g/mol. The van der Waals surface area contributed by atoms with E-state index in [9.17, 15) is 26.3 Å². The summed E-state index contributed by atoms with van der Waals surface area (Å²) in [6.07, 6.45) is -4.64. The summed E-state index contributed by atoms with van der Waals surface area (Å²) in [6, 6.07) is 7.97. The lowest BCUT2D eigenvalue weighted by Gasteiger charge is -2.52. The molecule has 3 saturated heterocycles. The molecule has 5 atom stereocenters. The molecule has 2 bridgehead atoms. The number of nitrogens with one attached hydrogen (secondary N) is 1. The van der Waals surface area contributed by atoms with E-state index in [4.69, 9.17) is 4.74 Å². The number of pyridine rings is 1. The summed E-state index contributed by atoms with van der Waals surface area (Å²) in [7, 11) is 1.52. The van der Waals surface area contributed by atoms with Gasteiger partial charge in [0.05, 0.1) is 29.8 Å². The predicted molar refractivity (Wildman–Crippen MR) is 133 cm³/mol. The van der Waals surface area contributed by atoms with Crippen LogP contribution in [-0.2, 0) is 12.4 Å². The number of methoxy groups -OCH3 is 1. The summed E-state index contributed by atoms with van der Waals surface area (Å²) in [5.41, 5.74) is -1.57. The number of hydrogen-bond donors (Lipinski definition) is 1. The first-order chi connectivity index (χ1) is 18.0. The molecule has 0 radical (unpaired) electrons. The Morgan fingerprint density at radius 2 is 1.76 bits per heavy atom. The fraction of sp³-hybridized carbons (Fsp3) is 0.393. The number of nitrogens with zero attached hydrogens (tertiary/aromatic N) is 2. The largest absolute Gasteiger partial charge is 0.497 e. The Kier molecular flexibility index (Phi) is 6.79. The average molecular weight is 536 g/mol. The first kappa shape index (κ1) is 26.3. The van der Waals surface area contributed by atoms with E-state index in [2.05, 4.69) is 21.8 Å². The number of benzene rings is 2. The maximum Gasteiger partial charge on any atom is 0.416 e. The number of piperidine rings is 3. The van der Waals surface area contributed by atoms with E-state index in [0.29, 0.717) is 23.1 Å². The zero-order chi connectivity index (χ0) is 27.2. The lowest BCUT2D eigenvalue weighted by atomic mass is 9.73. The van der Waals surface area contributed by atoms with Crippen molar-refractivity contribution in [2.45, 2.75) is 37.3 Å². The van der Waals surface area contributed by atoms with E-state index in [1.165, 1.54) is 7.11 Å². The van der Waals surface area contributed by atoms with Gasteiger partial charge >= 0.3 is 12.4 Å². The van der Waals surface area contributed by atoms with Crippen molar-refractivity contribution in [1.29, 1.82) is 0 Å². The Balaban J connectivity index is 1.64. The highest BCUT2D eigenvalue weighted by Crippen LogP contribution is 2.45. The molecule has 6 rings (SSSR count). The fourth-order valence-corrected chi connectivity index (χ4v) is 5.87. The van der Waals surface area contributed by atoms with Crippen LogP contribution in [0.15, 0.2) is 61.3 Å². The van der Waals surface area contributed by atoms with Gasteiger partial charge in [-0.1, -0.05) is 6.08 Å². The van der Waals surface area contributed by atoms with E-state index >= 15 is 0 Å². The van der Waals surface area contributed by atoms with Gasteiger partial charge in [-0.3, -0.25) is 9.88 Å². The Morgan fingerprint density at radius 1 is 1.05 bits per heavy atom. The Bertz CT molecular complexity index is 1310. The molecule has 2 aromatic carbocycles. The van der Waals surface area contributed by atoms with Crippen molar-refractivity contribution in [2.75, 3.05) is 25.5 Å². The molecular formula is C28H27F6N3O. The Hall–Kier alpha value is -3.27. The van der Waals surface area contributed by atoms with Crippen LogP contribution >= 0.6 is 0 Å². The summed E-state index contributed by atoms with van der Waals surface area (Å²) in [5.74, 6) is 1.20. The van der Waals surface area contributed by atoms with Crippen LogP contribution in [0.3, 0.4) is 0 Å². The van der Waals surface area contributed by atoms with Crippen molar-refractivity contribution < 1.29 is 31.1 Å². The minimum atomic E-state index is -4.94. The number of anilines is 1. The molecule has 0 aliphatic carbocycles. The number of alkyl halides is 6. The van der Waals surface area contributed by atoms with E-state index < -0.39 is 29.5 Å². The van der Waals surface area contributed by atoms with Crippen LogP contribution in [0.2, 0.25) is 0 Å². The van der Waals surface area contributed by atoms with Crippen molar-refractivity contribution in [3.63, 3.8) is 0 Å².